The summed E-state index contributed by atoms with van der Waals surface area (Å²) < 4.78 is 26.1. The summed E-state index contributed by atoms with van der Waals surface area (Å²) in [5.74, 6) is -0.476. The average molecular weight is 475 g/mol. The maximum atomic E-state index is 14.2. The molecule has 3 aromatic rings. The second-order valence-electron chi connectivity index (χ2n) is 8.46. The van der Waals surface area contributed by atoms with Crippen molar-refractivity contribution < 1.29 is 18.7 Å². The predicted molar refractivity (Wildman–Crippen MR) is 127 cm³/mol. The van der Waals surface area contributed by atoms with Crippen molar-refractivity contribution in [2.75, 3.05) is 25.6 Å². The van der Waals surface area contributed by atoms with E-state index in [9.17, 15) is 9.18 Å². The first kappa shape index (κ1) is 24.5. The zero-order chi connectivity index (χ0) is 24.0. The van der Waals surface area contributed by atoms with Crippen LogP contribution < -0.4 is 15.4 Å². The average Bonchev–Trinajstić information content (AvgIpc) is 3.19. The van der Waals surface area contributed by atoms with Gasteiger partial charge in [-0.15, -0.1) is 0 Å². The first-order chi connectivity index (χ1) is 15.7. The van der Waals surface area contributed by atoms with Gasteiger partial charge in [0.15, 0.2) is 11.6 Å². The van der Waals surface area contributed by atoms with Gasteiger partial charge < -0.3 is 20.1 Å². The Labute approximate surface area is 197 Å². The van der Waals surface area contributed by atoms with Crippen LogP contribution in [0.3, 0.4) is 0 Å². The predicted octanol–water partition coefficient (Wildman–Crippen LogP) is 5.31. The number of urea groups is 1. The van der Waals surface area contributed by atoms with E-state index in [1.807, 2.05) is 24.3 Å². The number of hydrogen-bond acceptors (Lipinski definition) is 4. The van der Waals surface area contributed by atoms with Gasteiger partial charge >= 0.3 is 6.03 Å². The van der Waals surface area contributed by atoms with Crippen LogP contribution in [0.15, 0.2) is 48.5 Å². The molecule has 0 saturated heterocycles. The van der Waals surface area contributed by atoms with Crippen LogP contribution in [0.4, 0.5) is 14.9 Å². The molecule has 0 atom stereocenters. The molecule has 2 amide bonds. The summed E-state index contributed by atoms with van der Waals surface area (Å²) in [4.78, 5) is 12.5. The Morgan fingerprint density at radius 3 is 2.61 bits per heavy atom. The summed E-state index contributed by atoms with van der Waals surface area (Å²) in [6.07, 6.45) is 0. The fourth-order valence-corrected chi connectivity index (χ4v) is 3.20. The molecular weight excluding hydrogens is 447 g/mol. The van der Waals surface area contributed by atoms with Gasteiger partial charge in [0.25, 0.3) is 0 Å². The lowest BCUT2D eigenvalue weighted by atomic mass is 9.92. The quantitative estimate of drug-likeness (QED) is 0.434. The number of rotatable bonds is 8. The Kier molecular flexibility index (Phi) is 7.94. The number of amides is 2. The van der Waals surface area contributed by atoms with Crippen LogP contribution in [0.2, 0.25) is 5.02 Å². The minimum Gasteiger partial charge on any atom is -0.488 e. The van der Waals surface area contributed by atoms with E-state index in [1.165, 1.54) is 19.2 Å². The van der Waals surface area contributed by atoms with Gasteiger partial charge in [0.05, 0.1) is 30.2 Å². The smallest absolute Gasteiger partial charge is 0.319 e. The molecule has 0 aliphatic carbocycles. The molecule has 2 aromatic carbocycles. The van der Waals surface area contributed by atoms with Crippen LogP contribution in [0, 0.1) is 5.82 Å². The largest absolute Gasteiger partial charge is 0.488 e. The normalized spacial score (nSPS) is 11.3. The molecule has 0 spiro atoms. The third-order valence-corrected chi connectivity index (χ3v) is 5.00. The fourth-order valence-electron chi connectivity index (χ4n) is 3.02. The number of hydrogen-bond donors (Lipinski definition) is 2. The van der Waals surface area contributed by atoms with Crippen LogP contribution in [-0.2, 0) is 16.7 Å². The Balaban J connectivity index is 1.69. The number of carbonyl (C=O) groups excluding carboxylic acids is 1. The first-order valence-corrected chi connectivity index (χ1v) is 10.9. The van der Waals surface area contributed by atoms with Crippen LogP contribution in [0.5, 0.6) is 5.75 Å². The van der Waals surface area contributed by atoms with Crippen molar-refractivity contribution in [3.05, 3.63) is 70.8 Å². The Morgan fingerprint density at radius 1 is 1.15 bits per heavy atom. The molecule has 0 aliphatic rings. The Morgan fingerprint density at radius 2 is 1.94 bits per heavy atom. The van der Waals surface area contributed by atoms with E-state index in [0.29, 0.717) is 17.3 Å². The van der Waals surface area contributed by atoms with E-state index in [-0.39, 0.29) is 24.3 Å². The van der Waals surface area contributed by atoms with Crippen LogP contribution >= 0.6 is 11.6 Å². The summed E-state index contributed by atoms with van der Waals surface area (Å²) in [6.45, 7) is 7.00. The fraction of sp³-hybridized carbons (Fsp3) is 0.333. The molecular formula is C24H28ClFN4O3. The van der Waals surface area contributed by atoms with Gasteiger partial charge in [0.1, 0.15) is 6.61 Å². The minimum atomic E-state index is -0.572. The molecule has 176 valence electrons. The summed E-state index contributed by atoms with van der Waals surface area (Å²) in [5.41, 5.74) is 2.59. The maximum absolute atomic E-state index is 14.2. The Hall–Kier alpha value is -3.10. The molecule has 1 aromatic heterocycles. The van der Waals surface area contributed by atoms with E-state index >= 15 is 0 Å². The highest BCUT2D eigenvalue weighted by atomic mass is 35.5. The summed E-state index contributed by atoms with van der Waals surface area (Å²) >= 11 is 6.15. The zero-order valence-electron chi connectivity index (χ0n) is 19.1. The summed E-state index contributed by atoms with van der Waals surface area (Å²) in [5, 5.41) is 10.7. The second kappa shape index (κ2) is 10.7. The van der Waals surface area contributed by atoms with Crippen LogP contribution in [0.1, 0.15) is 32.2 Å². The van der Waals surface area contributed by atoms with E-state index in [0.717, 1.165) is 17.1 Å². The SMILES string of the molecule is COCCOc1ccc(NC(=O)NCc2cc(C(C)(C)C)nn2-c2cccc(Cl)c2)cc1F. The lowest BCUT2D eigenvalue weighted by Crippen LogP contribution is -2.29. The zero-order valence-corrected chi connectivity index (χ0v) is 19.9. The third kappa shape index (κ3) is 6.69. The monoisotopic (exact) mass is 474 g/mol. The number of aromatic nitrogens is 2. The number of carbonyl (C=O) groups is 1. The molecule has 3 rings (SSSR count). The maximum Gasteiger partial charge on any atom is 0.319 e. The topological polar surface area (TPSA) is 77.4 Å². The lowest BCUT2D eigenvalue weighted by Gasteiger charge is -2.14. The van der Waals surface area contributed by atoms with E-state index in [4.69, 9.17) is 26.2 Å². The molecule has 0 aliphatic heterocycles. The van der Waals surface area contributed by atoms with Gasteiger partial charge in [-0.25, -0.2) is 13.9 Å². The number of halogens is 2. The molecule has 7 nitrogen and oxygen atoms in total. The summed E-state index contributed by atoms with van der Waals surface area (Å²) in [7, 11) is 1.54. The van der Waals surface area contributed by atoms with Crippen LogP contribution in [0.25, 0.3) is 5.69 Å². The molecule has 0 radical (unpaired) electrons. The highest BCUT2D eigenvalue weighted by Crippen LogP contribution is 2.25. The van der Waals surface area contributed by atoms with Gasteiger partial charge in [-0.2, -0.15) is 5.10 Å². The molecule has 9 heteroatoms. The molecule has 1 heterocycles. The minimum absolute atomic E-state index is 0.0955. The standard InChI is InChI=1S/C24H28ClFN4O3/c1-24(2,3)22-14-19(30(29-22)18-7-5-6-16(25)12-18)15-27-23(31)28-17-8-9-21(20(26)13-17)33-11-10-32-4/h5-9,12-14H,10-11,15H2,1-4H3,(H2,27,28,31). The van der Waals surface area contributed by atoms with Gasteiger partial charge in [-0.1, -0.05) is 38.4 Å². The molecule has 2 N–H and O–H groups in total. The van der Waals surface area contributed by atoms with Crippen molar-refractivity contribution in [1.29, 1.82) is 0 Å². The van der Waals surface area contributed by atoms with Crippen molar-refractivity contribution in [2.24, 2.45) is 0 Å². The number of methoxy groups -OCH3 is 1. The van der Waals surface area contributed by atoms with Gasteiger partial charge in [-0.3, -0.25) is 0 Å². The van der Waals surface area contributed by atoms with Crippen molar-refractivity contribution in [3.63, 3.8) is 0 Å². The molecule has 0 unspecified atom stereocenters. The second-order valence-corrected chi connectivity index (χ2v) is 8.89. The molecule has 0 fully saturated rings. The van der Waals surface area contributed by atoms with Crippen molar-refractivity contribution in [3.8, 4) is 11.4 Å². The molecule has 0 saturated carbocycles. The van der Waals surface area contributed by atoms with Gasteiger partial charge in [-0.05, 0) is 36.4 Å². The number of ether oxygens (including phenoxy) is 2. The molecule has 33 heavy (non-hydrogen) atoms. The number of anilines is 1. The van der Waals surface area contributed by atoms with Gasteiger partial charge in [0, 0.05) is 29.3 Å². The summed E-state index contributed by atoms with van der Waals surface area (Å²) in [6, 6.07) is 13.1. The van der Waals surface area contributed by atoms with Crippen molar-refractivity contribution >= 4 is 23.3 Å². The van der Waals surface area contributed by atoms with Crippen molar-refractivity contribution in [2.45, 2.75) is 32.7 Å². The van der Waals surface area contributed by atoms with E-state index in [2.05, 4.69) is 31.4 Å². The van der Waals surface area contributed by atoms with Crippen molar-refractivity contribution in [1.82, 2.24) is 15.1 Å². The number of nitrogens with one attached hydrogen (secondary N) is 2. The Bertz CT molecular complexity index is 1110. The first-order valence-electron chi connectivity index (χ1n) is 10.5. The number of benzene rings is 2. The van der Waals surface area contributed by atoms with E-state index in [1.54, 1.807) is 16.8 Å². The number of nitrogens with zero attached hydrogens (tertiary/aromatic N) is 2. The van der Waals surface area contributed by atoms with Gasteiger partial charge in [0.2, 0.25) is 0 Å². The van der Waals surface area contributed by atoms with Crippen LogP contribution in [-0.4, -0.2) is 36.1 Å². The molecule has 0 bridgehead atoms. The lowest BCUT2D eigenvalue weighted by molar-refractivity contribution is 0.144. The van der Waals surface area contributed by atoms with E-state index < -0.39 is 11.8 Å². The third-order valence-electron chi connectivity index (χ3n) is 4.77. The highest BCUT2D eigenvalue weighted by molar-refractivity contribution is 6.30. The highest BCUT2D eigenvalue weighted by Gasteiger charge is 2.21.